The molecule has 1 amide bonds. The summed E-state index contributed by atoms with van der Waals surface area (Å²) in [6, 6.07) is 22.8. The van der Waals surface area contributed by atoms with Crippen molar-refractivity contribution in [3.63, 3.8) is 0 Å². The van der Waals surface area contributed by atoms with Gasteiger partial charge >= 0.3 is 0 Å². The molecule has 3 rings (SSSR count). The zero-order valence-corrected chi connectivity index (χ0v) is 17.6. The van der Waals surface area contributed by atoms with Gasteiger partial charge in [-0.25, -0.2) is 0 Å². The van der Waals surface area contributed by atoms with E-state index in [9.17, 15) is 9.59 Å². The Labute approximate surface area is 178 Å². The van der Waals surface area contributed by atoms with Crippen LogP contribution in [-0.2, 0) is 17.9 Å². The molecule has 0 radical (unpaired) electrons. The van der Waals surface area contributed by atoms with Gasteiger partial charge in [-0.2, -0.15) is 0 Å². The average molecular weight is 404 g/mol. The van der Waals surface area contributed by atoms with Crippen molar-refractivity contribution in [3.8, 4) is 0 Å². The molecule has 0 fully saturated rings. The summed E-state index contributed by atoms with van der Waals surface area (Å²) >= 11 is 0. The van der Waals surface area contributed by atoms with Crippen LogP contribution >= 0.6 is 0 Å². The molecule has 0 saturated heterocycles. The predicted octanol–water partition coefficient (Wildman–Crippen LogP) is 3.60. The van der Waals surface area contributed by atoms with E-state index in [0.717, 1.165) is 29.8 Å². The van der Waals surface area contributed by atoms with Gasteiger partial charge in [-0.15, -0.1) is 0 Å². The lowest BCUT2D eigenvalue weighted by molar-refractivity contribution is -0.126. The molecule has 5 heteroatoms. The van der Waals surface area contributed by atoms with Gasteiger partial charge in [0.2, 0.25) is 5.91 Å². The highest BCUT2D eigenvalue weighted by atomic mass is 16.2. The third-order valence-corrected chi connectivity index (χ3v) is 5.28. The van der Waals surface area contributed by atoms with Crippen LogP contribution in [-0.4, -0.2) is 28.5 Å². The Morgan fingerprint density at radius 2 is 1.53 bits per heavy atom. The van der Waals surface area contributed by atoms with Crippen molar-refractivity contribution in [3.05, 3.63) is 106 Å². The van der Waals surface area contributed by atoms with Gasteiger partial charge in [0.05, 0.1) is 6.54 Å². The van der Waals surface area contributed by atoms with Crippen LogP contribution in [0.3, 0.4) is 0 Å². The Balaban J connectivity index is 1.65. The third kappa shape index (κ3) is 5.45. The van der Waals surface area contributed by atoms with Gasteiger partial charge in [0.15, 0.2) is 0 Å². The van der Waals surface area contributed by atoms with Gasteiger partial charge in [-0.3, -0.25) is 14.5 Å². The standard InChI is InChI=1S/C25H29N3O2/c1-3-27(4-2)24(22-10-6-5-7-11-22)25(30)26-18-20-13-15-21(16-14-20)19-28-17-9-8-12-23(28)29/h5-17,24H,3-4,18-19H2,1-2H3,(H,26,30). The molecular formula is C25H29N3O2. The molecule has 5 nitrogen and oxygen atoms in total. The Bertz CT molecular complexity index is 993. The van der Waals surface area contributed by atoms with Gasteiger partial charge in [-0.1, -0.05) is 74.5 Å². The summed E-state index contributed by atoms with van der Waals surface area (Å²) in [7, 11) is 0. The second-order valence-corrected chi connectivity index (χ2v) is 7.24. The van der Waals surface area contributed by atoms with Crippen LogP contribution < -0.4 is 10.9 Å². The number of likely N-dealkylation sites (N-methyl/N-ethyl adjacent to an activating group) is 1. The number of hydrogen-bond donors (Lipinski definition) is 1. The third-order valence-electron chi connectivity index (χ3n) is 5.28. The number of aromatic nitrogens is 1. The Morgan fingerprint density at radius 1 is 0.900 bits per heavy atom. The number of carbonyl (C=O) groups is 1. The number of carbonyl (C=O) groups excluding carboxylic acids is 1. The van der Waals surface area contributed by atoms with Gasteiger partial charge in [0.25, 0.3) is 5.56 Å². The first kappa shape index (κ1) is 21.5. The highest BCUT2D eigenvalue weighted by Gasteiger charge is 2.25. The summed E-state index contributed by atoms with van der Waals surface area (Å²) in [4.78, 5) is 27.1. The molecule has 1 aromatic heterocycles. The number of benzene rings is 2. The molecule has 156 valence electrons. The maximum absolute atomic E-state index is 13.0. The van der Waals surface area contributed by atoms with Crippen molar-refractivity contribution in [2.24, 2.45) is 0 Å². The molecule has 1 heterocycles. The van der Waals surface area contributed by atoms with Gasteiger partial charge in [0, 0.05) is 18.8 Å². The van der Waals surface area contributed by atoms with E-state index in [1.807, 2.05) is 60.7 Å². The number of amides is 1. The zero-order valence-electron chi connectivity index (χ0n) is 17.6. The quantitative estimate of drug-likeness (QED) is 0.594. The lowest BCUT2D eigenvalue weighted by Gasteiger charge is -2.29. The average Bonchev–Trinajstić information content (AvgIpc) is 2.79. The molecule has 2 aromatic carbocycles. The fourth-order valence-corrected chi connectivity index (χ4v) is 3.59. The van der Waals surface area contributed by atoms with Gasteiger partial charge in [-0.05, 0) is 35.8 Å². The number of rotatable bonds is 9. The summed E-state index contributed by atoms with van der Waals surface area (Å²) in [5.41, 5.74) is 3.06. The van der Waals surface area contributed by atoms with E-state index >= 15 is 0 Å². The maximum atomic E-state index is 13.0. The van der Waals surface area contributed by atoms with Crippen molar-refractivity contribution in [1.29, 1.82) is 0 Å². The molecule has 0 aliphatic rings. The first-order chi connectivity index (χ1) is 14.6. The molecule has 0 spiro atoms. The molecule has 1 N–H and O–H groups in total. The van der Waals surface area contributed by atoms with E-state index in [4.69, 9.17) is 0 Å². The Morgan fingerprint density at radius 3 is 2.17 bits per heavy atom. The van der Waals surface area contributed by atoms with E-state index in [1.54, 1.807) is 22.9 Å². The summed E-state index contributed by atoms with van der Waals surface area (Å²) in [6.45, 7) is 6.75. The van der Waals surface area contributed by atoms with E-state index in [0.29, 0.717) is 13.1 Å². The van der Waals surface area contributed by atoms with E-state index in [-0.39, 0.29) is 17.5 Å². The minimum absolute atomic E-state index is 0.00446. The van der Waals surface area contributed by atoms with Crippen molar-refractivity contribution >= 4 is 5.91 Å². The SMILES string of the molecule is CCN(CC)C(C(=O)NCc1ccc(Cn2ccccc2=O)cc1)c1ccccc1. The van der Waals surface area contributed by atoms with Crippen molar-refractivity contribution in [1.82, 2.24) is 14.8 Å². The molecule has 0 saturated carbocycles. The van der Waals surface area contributed by atoms with Crippen molar-refractivity contribution in [2.75, 3.05) is 13.1 Å². The zero-order chi connectivity index (χ0) is 21.3. The van der Waals surface area contributed by atoms with E-state index in [2.05, 4.69) is 24.1 Å². The monoisotopic (exact) mass is 403 g/mol. The van der Waals surface area contributed by atoms with E-state index < -0.39 is 0 Å². The van der Waals surface area contributed by atoms with Crippen LogP contribution in [0.2, 0.25) is 0 Å². The van der Waals surface area contributed by atoms with Crippen molar-refractivity contribution < 1.29 is 4.79 Å². The molecule has 1 atom stereocenters. The molecular weight excluding hydrogens is 374 g/mol. The second-order valence-electron chi connectivity index (χ2n) is 7.24. The van der Waals surface area contributed by atoms with E-state index in [1.165, 1.54) is 0 Å². The highest BCUT2D eigenvalue weighted by molar-refractivity contribution is 5.83. The minimum Gasteiger partial charge on any atom is -0.350 e. The van der Waals surface area contributed by atoms with Crippen LogP contribution in [0.5, 0.6) is 0 Å². The summed E-state index contributed by atoms with van der Waals surface area (Å²) in [5.74, 6) is 0.00446. The van der Waals surface area contributed by atoms with Crippen molar-refractivity contribution in [2.45, 2.75) is 33.0 Å². The number of nitrogens with zero attached hydrogens (tertiary/aromatic N) is 2. The van der Waals surface area contributed by atoms with Crippen LogP contribution in [0.4, 0.5) is 0 Å². The highest BCUT2D eigenvalue weighted by Crippen LogP contribution is 2.20. The maximum Gasteiger partial charge on any atom is 0.250 e. The number of pyridine rings is 1. The summed E-state index contributed by atoms with van der Waals surface area (Å²) in [5, 5.41) is 3.09. The van der Waals surface area contributed by atoms with Crippen LogP contribution in [0.25, 0.3) is 0 Å². The second kappa shape index (κ2) is 10.6. The largest absolute Gasteiger partial charge is 0.350 e. The molecule has 0 aliphatic carbocycles. The van der Waals surface area contributed by atoms with Crippen LogP contribution in [0, 0.1) is 0 Å². The molecule has 0 aliphatic heterocycles. The first-order valence-electron chi connectivity index (χ1n) is 10.4. The predicted molar refractivity (Wildman–Crippen MR) is 120 cm³/mol. The topological polar surface area (TPSA) is 54.3 Å². The lowest BCUT2D eigenvalue weighted by atomic mass is 10.0. The van der Waals surface area contributed by atoms with Crippen LogP contribution in [0.15, 0.2) is 83.8 Å². The number of hydrogen-bond acceptors (Lipinski definition) is 3. The fourth-order valence-electron chi connectivity index (χ4n) is 3.59. The van der Waals surface area contributed by atoms with Gasteiger partial charge < -0.3 is 9.88 Å². The first-order valence-corrected chi connectivity index (χ1v) is 10.4. The molecule has 30 heavy (non-hydrogen) atoms. The molecule has 3 aromatic rings. The smallest absolute Gasteiger partial charge is 0.250 e. The minimum atomic E-state index is -0.301. The van der Waals surface area contributed by atoms with Gasteiger partial charge in [0.1, 0.15) is 6.04 Å². The van der Waals surface area contributed by atoms with Crippen LogP contribution in [0.1, 0.15) is 36.6 Å². The molecule has 1 unspecified atom stereocenters. The molecule has 0 bridgehead atoms. The number of nitrogens with one attached hydrogen (secondary N) is 1. The Hall–Kier alpha value is -3.18. The normalized spacial score (nSPS) is 12.0. The fraction of sp³-hybridized carbons (Fsp3) is 0.280. The lowest BCUT2D eigenvalue weighted by Crippen LogP contribution is -2.40. The summed E-state index contributed by atoms with van der Waals surface area (Å²) < 4.78 is 1.67. The Kier molecular flexibility index (Phi) is 7.57. The summed E-state index contributed by atoms with van der Waals surface area (Å²) in [6.07, 6.45) is 1.79.